The Morgan fingerprint density at radius 3 is 2.22 bits per heavy atom. The number of carbonyl (C=O) groups excluding carboxylic acids is 3. The van der Waals surface area contributed by atoms with Crippen molar-refractivity contribution in [2.24, 2.45) is 5.41 Å². The van der Waals surface area contributed by atoms with Gasteiger partial charge in [-0.3, -0.25) is 19.3 Å². The van der Waals surface area contributed by atoms with Crippen LogP contribution in [-0.4, -0.2) is 91.4 Å². The number of rotatable bonds is 5. The first-order valence-electron chi connectivity index (χ1n) is 9.48. The van der Waals surface area contributed by atoms with E-state index in [1.807, 2.05) is 0 Å². The summed E-state index contributed by atoms with van der Waals surface area (Å²) in [7, 11) is -0.510. The van der Waals surface area contributed by atoms with Crippen molar-refractivity contribution in [3.05, 3.63) is 0 Å². The third-order valence-corrected chi connectivity index (χ3v) is 7.92. The average Bonchev–Trinajstić information content (AvgIpc) is 3.19. The predicted octanol–water partition coefficient (Wildman–Crippen LogP) is -0.354. The van der Waals surface area contributed by atoms with Gasteiger partial charge in [0.1, 0.15) is 0 Å². The van der Waals surface area contributed by atoms with Gasteiger partial charge in [0.2, 0.25) is 17.7 Å². The maximum absolute atomic E-state index is 12.6. The molecule has 0 bridgehead atoms. The SMILES string of the molecule is CN(C)S(=O)(=O)N1CCN(C(=O)CCN2C(=O)CC3(CCCC3)C2=O)CC1. The largest absolute Gasteiger partial charge is 0.340 e. The van der Waals surface area contributed by atoms with E-state index in [0.29, 0.717) is 13.1 Å². The van der Waals surface area contributed by atoms with Gasteiger partial charge in [0.05, 0.1) is 5.41 Å². The molecule has 1 aliphatic carbocycles. The van der Waals surface area contributed by atoms with Crippen molar-refractivity contribution in [3.8, 4) is 0 Å². The highest BCUT2D eigenvalue weighted by atomic mass is 32.2. The van der Waals surface area contributed by atoms with Crippen LogP contribution in [0.1, 0.15) is 38.5 Å². The Morgan fingerprint density at radius 2 is 1.67 bits per heavy atom. The van der Waals surface area contributed by atoms with Gasteiger partial charge in [-0.25, -0.2) is 0 Å². The molecule has 0 N–H and O–H groups in total. The number of hydrogen-bond donors (Lipinski definition) is 0. The molecule has 3 fully saturated rings. The van der Waals surface area contributed by atoms with Gasteiger partial charge < -0.3 is 4.90 Å². The Kier molecular flexibility index (Phi) is 5.60. The molecule has 0 aromatic rings. The molecule has 0 aromatic heterocycles. The molecule has 1 saturated carbocycles. The molecule has 3 amide bonds. The maximum atomic E-state index is 12.6. The van der Waals surface area contributed by atoms with Gasteiger partial charge in [0, 0.05) is 59.7 Å². The summed E-state index contributed by atoms with van der Waals surface area (Å²) >= 11 is 0. The zero-order chi connectivity index (χ0) is 19.8. The number of likely N-dealkylation sites (tertiary alicyclic amines) is 1. The van der Waals surface area contributed by atoms with Gasteiger partial charge >= 0.3 is 0 Å². The number of amides is 3. The summed E-state index contributed by atoms with van der Waals surface area (Å²) in [6.45, 7) is 1.25. The van der Waals surface area contributed by atoms with Gasteiger partial charge in [-0.2, -0.15) is 17.0 Å². The summed E-state index contributed by atoms with van der Waals surface area (Å²) in [4.78, 5) is 40.2. The number of imide groups is 1. The van der Waals surface area contributed by atoms with E-state index in [1.54, 1.807) is 4.90 Å². The molecule has 152 valence electrons. The van der Waals surface area contributed by atoms with Gasteiger partial charge in [-0.15, -0.1) is 0 Å². The molecule has 1 spiro atoms. The van der Waals surface area contributed by atoms with E-state index in [4.69, 9.17) is 0 Å². The maximum Gasteiger partial charge on any atom is 0.281 e. The molecular weight excluding hydrogens is 372 g/mol. The van der Waals surface area contributed by atoms with E-state index in [0.717, 1.165) is 30.0 Å². The molecule has 2 saturated heterocycles. The van der Waals surface area contributed by atoms with Crippen molar-refractivity contribution in [3.63, 3.8) is 0 Å². The molecular formula is C17H28N4O5S. The second-order valence-electron chi connectivity index (χ2n) is 7.83. The highest BCUT2D eigenvalue weighted by Gasteiger charge is 2.52. The van der Waals surface area contributed by atoms with Gasteiger partial charge in [-0.05, 0) is 12.8 Å². The van der Waals surface area contributed by atoms with Crippen molar-refractivity contribution < 1.29 is 22.8 Å². The fourth-order valence-electron chi connectivity index (χ4n) is 4.29. The third kappa shape index (κ3) is 3.74. The minimum atomic E-state index is -3.47. The monoisotopic (exact) mass is 400 g/mol. The Bertz CT molecular complexity index is 722. The molecule has 2 heterocycles. The lowest BCUT2D eigenvalue weighted by atomic mass is 9.84. The van der Waals surface area contributed by atoms with E-state index in [9.17, 15) is 22.8 Å². The Hall–Kier alpha value is -1.52. The summed E-state index contributed by atoms with van der Waals surface area (Å²) in [5.41, 5.74) is -0.508. The first-order valence-corrected chi connectivity index (χ1v) is 10.9. The number of piperazine rings is 1. The van der Waals surface area contributed by atoms with Gasteiger partial charge in [0.15, 0.2) is 0 Å². The number of carbonyl (C=O) groups is 3. The van der Waals surface area contributed by atoms with E-state index in [-0.39, 0.29) is 50.2 Å². The van der Waals surface area contributed by atoms with Crippen LogP contribution in [0.4, 0.5) is 0 Å². The standard InChI is InChI=1S/C17H28N4O5S/c1-18(2)27(25,26)20-11-9-19(10-12-20)14(22)5-8-21-15(23)13-17(16(21)24)6-3-4-7-17/h3-13H2,1-2H3. The lowest BCUT2D eigenvalue weighted by Crippen LogP contribution is -2.53. The van der Waals surface area contributed by atoms with Gasteiger partial charge in [-0.1, -0.05) is 12.8 Å². The molecule has 2 aliphatic heterocycles. The van der Waals surface area contributed by atoms with E-state index in [2.05, 4.69) is 0 Å². The smallest absolute Gasteiger partial charge is 0.281 e. The van der Waals surface area contributed by atoms with Crippen LogP contribution in [0.5, 0.6) is 0 Å². The Morgan fingerprint density at radius 1 is 1.07 bits per heavy atom. The van der Waals surface area contributed by atoms with Crippen LogP contribution in [0.2, 0.25) is 0 Å². The molecule has 0 unspecified atom stereocenters. The summed E-state index contributed by atoms with van der Waals surface area (Å²) in [5, 5.41) is 0. The average molecular weight is 401 g/mol. The number of hydrogen-bond acceptors (Lipinski definition) is 5. The first kappa shape index (κ1) is 20.2. The molecule has 3 aliphatic rings. The van der Waals surface area contributed by atoms with Crippen molar-refractivity contribution >= 4 is 27.9 Å². The highest BCUT2D eigenvalue weighted by molar-refractivity contribution is 7.86. The number of nitrogens with zero attached hydrogens (tertiary/aromatic N) is 4. The van der Waals surface area contributed by atoms with Crippen LogP contribution in [0.3, 0.4) is 0 Å². The topological polar surface area (TPSA) is 98.3 Å². The second-order valence-corrected chi connectivity index (χ2v) is 9.98. The molecule has 0 radical (unpaired) electrons. The fraction of sp³-hybridized carbons (Fsp3) is 0.824. The zero-order valence-corrected chi connectivity index (χ0v) is 16.8. The van der Waals surface area contributed by atoms with Crippen molar-refractivity contribution in [1.82, 2.24) is 18.4 Å². The van der Waals surface area contributed by atoms with Crippen molar-refractivity contribution in [2.45, 2.75) is 38.5 Å². The summed E-state index contributed by atoms with van der Waals surface area (Å²) in [5.74, 6) is -0.429. The van der Waals surface area contributed by atoms with Crippen LogP contribution in [0.25, 0.3) is 0 Å². The van der Waals surface area contributed by atoms with E-state index in [1.165, 1.54) is 23.3 Å². The minimum Gasteiger partial charge on any atom is -0.340 e. The minimum absolute atomic E-state index is 0.0913. The van der Waals surface area contributed by atoms with Crippen molar-refractivity contribution in [2.75, 3.05) is 46.8 Å². The van der Waals surface area contributed by atoms with Crippen LogP contribution >= 0.6 is 0 Å². The van der Waals surface area contributed by atoms with Crippen LogP contribution in [0, 0.1) is 5.41 Å². The third-order valence-electron chi connectivity index (χ3n) is 5.98. The lowest BCUT2D eigenvalue weighted by molar-refractivity contribution is -0.142. The fourth-order valence-corrected chi connectivity index (χ4v) is 5.38. The lowest BCUT2D eigenvalue weighted by Gasteiger charge is -2.35. The Balaban J connectivity index is 1.51. The molecule has 0 atom stereocenters. The highest BCUT2D eigenvalue weighted by Crippen LogP contribution is 2.46. The van der Waals surface area contributed by atoms with E-state index < -0.39 is 15.6 Å². The van der Waals surface area contributed by atoms with Crippen LogP contribution < -0.4 is 0 Å². The summed E-state index contributed by atoms with van der Waals surface area (Å²) < 4.78 is 26.8. The first-order chi connectivity index (χ1) is 12.7. The van der Waals surface area contributed by atoms with E-state index >= 15 is 0 Å². The molecule has 3 rings (SSSR count). The Labute approximate surface area is 160 Å². The zero-order valence-electron chi connectivity index (χ0n) is 16.0. The quantitative estimate of drug-likeness (QED) is 0.588. The molecule has 0 aromatic carbocycles. The second kappa shape index (κ2) is 7.48. The summed E-state index contributed by atoms with van der Waals surface area (Å²) in [6.07, 6.45) is 3.86. The van der Waals surface area contributed by atoms with Crippen LogP contribution in [-0.2, 0) is 24.6 Å². The normalized spacial score (nSPS) is 23.8. The predicted molar refractivity (Wildman–Crippen MR) is 97.6 cm³/mol. The van der Waals surface area contributed by atoms with Crippen molar-refractivity contribution in [1.29, 1.82) is 0 Å². The molecule has 9 nitrogen and oxygen atoms in total. The molecule has 27 heavy (non-hydrogen) atoms. The van der Waals surface area contributed by atoms with Crippen LogP contribution in [0.15, 0.2) is 0 Å². The summed E-state index contributed by atoms with van der Waals surface area (Å²) in [6, 6.07) is 0. The molecule has 10 heteroatoms. The van der Waals surface area contributed by atoms with Gasteiger partial charge in [0.25, 0.3) is 10.2 Å².